The molecule has 2 atom stereocenters. The first-order valence-electron chi connectivity index (χ1n) is 6.04. The van der Waals surface area contributed by atoms with Crippen LogP contribution >= 0.6 is 15.9 Å². The highest BCUT2D eigenvalue weighted by atomic mass is 79.9. The van der Waals surface area contributed by atoms with Crippen LogP contribution in [0.4, 0.5) is 0 Å². The van der Waals surface area contributed by atoms with Crippen molar-refractivity contribution in [3.8, 4) is 0 Å². The second kappa shape index (κ2) is 7.08. The Kier molecular flexibility index (Phi) is 6.07. The quantitative estimate of drug-likeness (QED) is 0.831. The molecule has 0 aromatic heterocycles. The maximum absolute atomic E-state index is 9.98. The zero-order chi connectivity index (χ0) is 12.0. The predicted molar refractivity (Wildman–Crippen MR) is 72.5 cm³/mol. The molecule has 1 N–H and O–H groups in total. The Labute approximate surface area is 107 Å². The molecule has 0 saturated carbocycles. The normalized spacial score (nSPS) is 14.8. The molecule has 0 saturated heterocycles. The number of halogens is 1. The smallest absolute Gasteiger partial charge is 0.0583 e. The number of aliphatic hydroxyl groups is 1. The molecule has 0 bridgehead atoms. The molecule has 0 aliphatic heterocycles. The number of aliphatic hydroxyl groups excluding tert-OH is 1. The van der Waals surface area contributed by atoms with Crippen LogP contribution < -0.4 is 0 Å². The molecule has 16 heavy (non-hydrogen) atoms. The second-order valence-corrected chi connectivity index (χ2v) is 5.53. The molecule has 2 heteroatoms. The molecular weight excluding hydrogens is 264 g/mol. The maximum Gasteiger partial charge on any atom is 0.0583 e. The van der Waals surface area contributed by atoms with Gasteiger partial charge in [0.15, 0.2) is 0 Å². The minimum Gasteiger partial charge on any atom is -0.393 e. The Hall–Kier alpha value is -0.340. The van der Waals surface area contributed by atoms with E-state index in [0.29, 0.717) is 5.92 Å². The Morgan fingerprint density at radius 1 is 1.38 bits per heavy atom. The molecule has 0 fully saturated rings. The van der Waals surface area contributed by atoms with Gasteiger partial charge in [-0.1, -0.05) is 54.8 Å². The summed E-state index contributed by atoms with van der Waals surface area (Å²) in [4.78, 5) is 0. The summed E-state index contributed by atoms with van der Waals surface area (Å²) < 4.78 is 1.08. The lowest BCUT2D eigenvalue weighted by Crippen LogP contribution is -2.14. The highest BCUT2D eigenvalue weighted by Gasteiger charge is 2.10. The minimum absolute atomic E-state index is 0.212. The first-order chi connectivity index (χ1) is 7.61. The van der Waals surface area contributed by atoms with E-state index in [1.54, 1.807) is 0 Å². The molecule has 90 valence electrons. The van der Waals surface area contributed by atoms with Crippen LogP contribution in [-0.2, 0) is 6.42 Å². The SMILES string of the molecule is CCCC(C)CC(O)Cc1cccc(Br)c1. The van der Waals surface area contributed by atoms with Crippen LogP contribution in [0.25, 0.3) is 0 Å². The third kappa shape index (κ3) is 5.13. The predicted octanol–water partition coefficient (Wildman–Crippen LogP) is 4.18. The third-order valence-electron chi connectivity index (χ3n) is 2.82. The van der Waals surface area contributed by atoms with Gasteiger partial charge >= 0.3 is 0 Å². The van der Waals surface area contributed by atoms with Gasteiger partial charge in [-0.05, 0) is 36.5 Å². The van der Waals surface area contributed by atoms with Gasteiger partial charge < -0.3 is 5.11 Å². The molecule has 1 nitrogen and oxygen atoms in total. The van der Waals surface area contributed by atoms with E-state index >= 15 is 0 Å². The lowest BCUT2D eigenvalue weighted by molar-refractivity contribution is 0.143. The molecule has 1 aromatic rings. The van der Waals surface area contributed by atoms with Crippen molar-refractivity contribution in [3.05, 3.63) is 34.3 Å². The van der Waals surface area contributed by atoms with Crippen LogP contribution in [0.2, 0.25) is 0 Å². The fraction of sp³-hybridized carbons (Fsp3) is 0.571. The fourth-order valence-electron chi connectivity index (χ4n) is 2.09. The van der Waals surface area contributed by atoms with Crippen molar-refractivity contribution in [2.75, 3.05) is 0 Å². The minimum atomic E-state index is -0.212. The van der Waals surface area contributed by atoms with E-state index in [2.05, 4.69) is 41.9 Å². The summed E-state index contributed by atoms with van der Waals surface area (Å²) in [6, 6.07) is 8.17. The number of hydrogen-bond donors (Lipinski definition) is 1. The Bertz CT molecular complexity index is 311. The lowest BCUT2D eigenvalue weighted by atomic mass is 9.95. The number of rotatable bonds is 6. The first-order valence-corrected chi connectivity index (χ1v) is 6.83. The molecule has 2 unspecified atom stereocenters. The molecule has 0 heterocycles. The summed E-state index contributed by atoms with van der Waals surface area (Å²) >= 11 is 3.45. The van der Waals surface area contributed by atoms with Crippen molar-refractivity contribution < 1.29 is 5.11 Å². The summed E-state index contributed by atoms with van der Waals surface area (Å²) in [6.45, 7) is 4.41. The number of benzene rings is 1. The van der Waals surface area contributed by atoms with E-state index in [4.69, 9.17) is 0 Å². The summed E-state index contributed by atoms with van der Waals surface area (Å²) in [7, 11) is 0. The van der Waals surface area contributed by atoms with Gasteiger partial charge in [-0.3, -0.25) is 0 Å². The van der Waals surface area contributed by atoms with Crippen molar-refractivity contribution in [2.24, 2.45) is 5.92 Å². The third-order valence-corrected chi connectivity index (χ3v) is 3.31. The van der Waals surface area contributed by atoms with Crippen LogP contribution in [0.5, 0.6) is 0 Å². The molecule has 0 aliphatic carbocycles. The molecule has 0 spiro atoms. The van der Waals surface area contributed by atoms with Crippen LogP contribution in [0.3, 0.4) is 0 Å². The van der Waals surface area contributed by atoms with Gasteiger partial charge in [-0.25, -0.2) is 0 Å². The zero-order valence-corrected chi connectivity index (χ0v) is 11.7. The van der Waals surface area contributed by atoms with Gasteiger partial charge in [0.1, 0.15) is 0 Å². The van der Waals surface area contributed by atoms with Crippen LogP contribution in [0.1, 0.15) is 38.7 Å². The molecule has 1 aromatic carbocycles. The van der Waals surface area contributed by atoms with Crippen molar-refractivity contribution in [1.29, 1.82) is 0 Å². The van der Waals surface area contributed by atoms with E-state index in [1.807, 2.05) is 12.1 Å². The zero-order valence-electron chi connectivity index (χ0n) is 10.1. The summed E-state index contributed by atoms with van der Waals surface area (Å²) in [5.74, 6) is 0.618. The number of hydrogen-bond acceptors (Lipinski definition) is 1. The summed E-state index contributed by atoms with van der Waals surface area (Å²) in [5, 5.41) is 9.98. The first kappa shape index (κ1) is 13.7. The highest BCUT2D eigenvalue weighted by molar-refractivity contribution is 9.10. The average Bonchev–Trinajstić information content (AvgIpc) is 2.17. The van der Waals surface area contributed by atoms with Crippen molar-refractivity contribution in [1.82, 2.24) is 0 Å². The molecule has 0 aliphatic rings. The lowest BCUT2D eigenvalue weighted by Gasteiger charge is -2.15. The standard InChI is InChI=1S/C14H21BrO/c1-3-5-11(2)8-14(16)10-12-6-4-7-13(15)9-12/h4,6-7,9,11,14,16H,3,5,8,10H2,1-2H3. The second-order valence-electron chi connectivity index (χ2n) is 4.62. The van der Waals surface area contributed by atoms with Crippen LogP contribution in [0.15, 0.2) is 28.7 Å². The van der Waals surface area contributed by atoms with E-state index < -0.39 is 0 Å². The summed E-state index contributed by atoms with van der Waals surface area (Å²) in [6.07, 6.45) is 3.85. The van der Waals surface area contributed by atoms with Crippen molar-refractivity contribution in [2.45, 2.75) is 45.6 Å². The van der Waals surface area contributed by atoms with Gasteiger partial charge in [-0.15, -0.1) is 0 Å². The van der Waals surface area contributed by atoms with Crippen molar-refractivity contribution >= 4 is 15.9 Å². The Morgan fingerprint density at radius 3 is 2.75 bits per heavy atom. The molecular formula is C14H21BrO. The topological polar surface area (TPSA) is 20.2 Å². The average molecular weight is 285 g/mol. The Morgan fingerprint density at radius 2 is 2.12 bits per heavy atom. The molecule has 0 radical (unpaired) electrons. The van der Waals surface area contributed by atoms with Gasteiger partial charge in [-0.2, -0.15) is 0 Å². The van der Waals surface area contributed by atoms with E-state index in [0.717, 1.165) is 17.3 Å². The van der Waals surface area contributed by atoms with Gasteiger partial charge in [0.05, 0.1) is 6.10 Å². The monoisotopic (exact) mass is 284 g/mol. The van der Waals surface area contributed by atoms with Crippen molar-refractivity contribution in [3.63, 3.8) is 0 Å². The van der Waals surface area contributed by atoms with Gasteiger partial charge in [0.2, 0.25) is 0 Å². The maximum atomic E-state index is 9.98. The van der Waals surface area contributed by atoms with Crippen LogP contribution in [0, 0.1) is 5.92 Å². The molecule has 0 amide bonds. The highest BCUT2D eigenvalue weighted by Crippen LogP contribution is 2.17. The largest absolute Gasteiger partial charge is 0.393 e. The van der Waals surface area contributed by atoms with E-state index in [1.165, 1.54) is 18.4 Å². The van der Waals surface area contributed by atoms with Gasteiger partial charge in [0.25, 0.3) is 0 Å². The summed E-state index contributed by atoms with van der Waals surface area (Å²) in [5.41, 5.74) is 1.20. The fourth-order valence-corrected chi connectivity index (χ4v) is 2.54. The van der Waals surface area contributed by atoms with Crippen LogP contribution in [-0.4, -0.2) is 11.2 Å². The van der Waals surface area contributed by atoms with E-state index in [9.17, 15) is 5.11 Å². The van der Waals surface area contributed by atoms with E-state index in [-0.39, 0.29) is 6.10 Å². The molecule has 1 rings (SSSR count). The Balaban J connectivity index is 2.42. The van der Waals surface area contributed by atoms with Gasteiger partial charge in [0, 0.05) is 4.47 Å².